The molecule has 0 saturated carbocycles. The van der Waals surface area contributed by atoms with Gasteiger partial charge in [-0.2, -0.15) is 0 Å². The zero-order chi connectivity index (χ0) is 15.7. The summed E-state index contributed by atoms with van der Waals surface area (Å²) in [6, 6.07) is 4.97. The van der Waals surface area contributed by atoms with Gasteiger partial charge in [0.1, 0.15) is 6.04 Å². The highest BCUT2D eigenvalue weighted by molar-refractivity contribution is 5.96. The van der Waals surface area contributed by atoms with Gasteiger partial charge < -0.3 is 16.2 Å². The van der Waals surface area contributed by atoms with Crippen LogP contribution < -0.4 is 11.1 Å². The minimum atomic E-state index is -1.08. The van der Waals surface area contributed by atoms with E-state index in [-0.39, 0.29) is 0 Å². The van der Waals surface area contributed by atoms with Gasteiger partial charge in [0.15, 0.2) is 0 Å². The number of amides is 1. The summed E-state index contributed by atoms with van der Waals surface area (Å²) in [7, 11) is 0. The van der Waals surface area contributed by atoms with Crippen molar-refractivity contribution < 1.29 is 14.7 Å². The first-order valence-electron chi connectivity index (χ1n) is 6.47. The van der Waals surface area contributed by atoms with Gasteiger partial charge in [0.2, 0.25) is 0 Å². The van der Waals surface area contributed by atoms with E-state index >= 15 is 0 Å². The van der Waals surface area contributed by atoms with Crippen molar-refractivity contribution in [1.82, 2.24) is 5.32 Å². The van der Waals surface area contributed by atoms with Gasteiger partial charge in [-0.3, -0.25) is 4.79 Å². The van der Waals surface area contributed by atoms with Gasteiger partial charge in [0.05, 0.1) is 0 Å². The minimum absolute atomic E-state index is 0.303. The van der Waals surface area contributed by atoms with E-state index in [1.807, 2.05) is 0 Å². The number of rotatable bonds is 8. The zero-order valence-corrected chi connectivity index (χ0v) is 11.4. The Morgan fingerprint density at radius 1 is 1.33 bits per heavy atom. The Labute approximate surface area is 121 Å². The number of carboxylic acid groups (broad SMARTS) is 1. The molecule has 0 aromatic heterocycles. The molecular weight excluding hydrogens is 274 g/mol. The molecule has 8 nitrogen and oxygen atoms in total. The molecule has 0 aliphatic carbocycles. The maximum atomic E-state index is 12.0. The molecule has 1 atom stereocenters. The standard InChI is InChI=1S/C13H17N5O3/c14-8-2-1-3-11(13(20)21)16-12(19)9-4-6-10(7-5-9)17-18-15/h4-7,11H,1-3,8,14H2,(H,16,19)(H,20,21)/t11-/m1/s1. The summed E-state index contributed by atoms with van der Waals surface area (Å²) in [6.07, 6.45) is 1.67. The predicted molar refractivity (Wildman–Crippen MR) is 77.0 cm³/mol. The molecule has 1 aromatic carbocycles. The molecule has 0 saturated heterocycles. The topological polar surface area (TPSA) is 141 Å². The normalized spacial score (nSPS) is 11.3. The number of carbonyl (C=O) groups excluding carboxylic acids is 1. The first-order chi connectivity index (χ1) is 10.1. The van der Waals surface area contributed by atoms with E-state index in [9.17, 15) is 9.59 Å². The van der Waals surface area contributed by atoms with Crippen molar-refractivity contribution in [2.45, 2.75) is 25.3 Å². The molecule has 8 heteroatoms. The molecule has 0 bridgehead atoms. The summed E-state index contributed by atoms with van der Waals surface area (Å²) < 4.78 is 0. The van der Waals surface area contributed by atoms with Gasteiger partial charge >= 0.3 is 5.97 Å². The molecule has 0 radical (unpaired) electrons. The molecular formula is C13H17N5O3. The second-order valence-corrected chi connectivity index (χ2v) is 4.39. The number of benzene rings is 1. The fraction of sp³-hybridized carbons (Fsp3) is 0.385. The van der Waals surface area contributed by atoms with E-state index in [1.54, 1.807) is 0 Å². The smallest absolute Gasteiger partial charge is 0.326 e. The lowest BCUT2D eigenvalue weighted by Gasteiger charge is -2.14. The second-order valence-electron chi connectivity index (χ2n) is 4.39. The highest BCUT2D eigenvalue weighted by Crippen LogP contribution is 2.13. The van der Waals surface area contributed by atoms with Crippen LogP contribution in [0.4, 0.5) is 5.69 Å². The summed E-state index contributed by atoms with van der Waals surface area (Å²) in [5.74, 6) is -1.56. The second kappa shape index (κ2) is 8.57. The Balaban J connectivity index is 2.67. The van der Waals surface area contributed by atoms with Crippen molar-refractivity contribution in [3.8, 4) is 0 Å². The molecule has 1 rings (SSSR count). The number of nitrogens with zero attached hydrogens (tertiary/aromatic N) is 3. The van der Waals surface area contributed by atoms with Crippen LogP contribution in [0.1, 0.15) is 29.6 Å². The summed E-state index contributed by atoms with van der Waals surface area (Å²) >= 11 is 0. The number of unbranched alkanes of at least 4 members (excludes halogenated alkanes) is 1. The Hall–Kier alpha value is -2.57. The molecule has 0 aliphatic rings. The number of hydrogen-bond acceptors (Lipinski definition) is 4. The van der Waals surface area contributed by atoms with Gasteiger partial charge in [0, 0.05) is 16.2 Å². The first kappa shape index (κ1) is 16.5. The van der Waals surface area contributed by atoms with Crippen molar-refractivity contribution >= 4 is 17.6 Å². The van der Waals surface area contributed by atoms with Crippen molar-refractivity contribution in [2.75, 3.05) is 6.54 Å². The third-order valence-electron chi connectivity index (χ3n) is 2.84. The van der Waals surface area contributed by atoms with Gasteiger partial charge in [-0.1, -0.05) is 17.2 Å². The average Bonchev–Trinajstić information content (AvgIpc) is 2.47. The summed E-state index contributed by atoms with van der Waals surface area (Å²) in [4.78, 5) is 25.7. The number of carbonyl (C=O) groups is 2. The van der Waals surface area contributed by atoms with Crippen LogP contribution in [0.2, 0.25) is 0 Å². The van der Waals surface area contributed by atoms with E-state index in [2.05, 4.69) is 15.3 Å². The van der Waals surface area contributed by atoms with E-state index < -0.39 is 17.9 Å². The number of aliphatic carboxylic acids is 1. The maximum Gasteiger partial charge on any atom is 0.326 e. The van der Waals surface area contributed by atoms with Crippen LogP contribution in [0.3, 0.4) is 0 Å². The SMILES string of the molecule is [N-]=[N+]=Nc1ccc(C(=O)N[C@H](CCCCN)C(=O)O)cc1. The molecule has 21 heavy (non-hydrogen) atoms. The third kappa shape index (κ3) is 5.52. The number of azide groups is 1. The van der Waals surface area contributed by atoms with Crippen molar-refractivity contribution in [2.24, 2.45) is 10.8 Å². The molecule has 0 unspecified atom stereocenters. The van der Waals surface area contributed by atoms with Crippen molar-refractivity contribution in [3.63, 3.8) is 0 Å². The van der Waals surface area contributed by atoms with Crippen LogP contribution in [0.5, 0.6) is 0 Å². The minimum Gasteiger partial charge on any atom is -0.480 e. The predicted octanol–water partition coefficient (Wildman–Crippen LogP) is 1.94. The lowest BCUT2D eigenvalue weighted by atomic mass is 10.1. The molecule has 0 heterocycles. The van der Waals surface area contributed by atoms with E-state index in [0.717, 1.165) is 0 Å². The highest BCUT2D eigenvalue weighted by atomic mass is 16.4. The number of carboxylic acids is 1. The third-order valence-corrected chi connectivity index (χ3v) is 2.84. The van der Waals surface area contributed by atoms with Crippen molar-refractivity contribution in [3.05, 3.63) is 40.3 Å². The van der Waals surface area contributed by atoms with Gasteiger partial charge in [-0.25, -0.2) is 4.79 Å². The van der Waals surface area contributed by atoms with E-state index in [0.29, 0.717) is 37.1 Å². The van der Waals surface area contributed by atoms with E-state index in [4.69, 9.17) is 16.4 Å². The molecule has 112 valence electrons. The first-order valence-corrected chi connectivity index (χ1v) is 6.47. The van der Waals surface area contributed by atoms with Crippen LogP contribution >= 0.6 is 0 Å². The van der Waals surface area contributed by atoms with Gasteiger partial charge in [-0.15, -0.1) is 0 Å². The Kier molecular flexibility index (Phi) is 6.73. The average molecular weight is 291 g/mol. The number of nitrogens with one attached hydrogen (secondary N) is 1. The lowest BCUT2D eigenvalue weighted by molar-refractivity contribution is -0.139. The molecule has 4 N–H and O–H groups in total. The van der Waals surface area contributed by atoms with Crippen LogP contribution in [0, 0.1) is 0 Å². The van der Waals surface area contributed by atoms with Crippen molar-refractivity contribution in [1.29, 1.82) is 0 Å². The molecule has 0 spiro atoms. The Morgan fingerprint density at radius 3 is 2.52 bits per heavy atom. The highest BCUT2D eigenvalue weighted by Gasteiger charge is 2.19. The van der Waals surface area contributed by atoms with E-state index in [1.165, 1.54) is 24.3 Å². The molecule has 0 aliphatic heterocycles. The van der Waals surface area contributed by atoms with Gasteiger partial charge in [0.25, 0.3) is 5.91 Å². The fourth-order valence-electron chi connectivity index (χ4n) is 1.72. The summed E-state index contributed by atoms with van der Waals surface area (Å²) in [6.45, 7) is 0.487. The molecule has 1 amide bonds. The monoisotopic (exact) mass is 291 g/mol. The lowest BCUT2D eigenvalue weighted by Crippen LogP contribution is -2.40. The maximum absolute atomic E-state index is 12.0. The fourth-order valence-corrected chi connectivity index (χ4v) is 1.72. The number of nitrogens with two attached hydrogens (primary N) is 1. The van der Waals surface area contributed by atoms with Crippen LogP contribution in [-0.2, 0) is 4.79 Å². The van der Waals surface area contributed by atoms with Crippen LogP contribution in [-0.4, -0.2) is 29.6 Å². The summed E-state index contributed by atoms with van der Waals surface area (Å²) in [5, 5.41) is 14.9. The molecule has 0 fully saturated rings. The molecule has 1 aromatic rings. The Bertz CT molecular complexity index is 537. The van der Waals surface area contributed by atoms with Gasteiger partial charge in [-0.05, 0) is 43.5 Å². The van der Waals surface area contributed by atoms with Crippen LogP contribution in [0.25, 0.3) is 10.4 Å². The quantitative estimate of drug-likeness (QED) is 0.291. The zero-order valence-electron chi connectivity index (χ0n) is 11.4. The van der Waals surface area contributed by atoms with Crippen LogP contribution in [0.15, 0.2) is 29.4 Å². The summed E-state index contributed by atoms with van der Waals surface area (Å²) in [5.41, 5.74) is 14.3. The largest absolute Gasteiger partial charge is 0.480 e. The number of hydrogen-bond donors (Lipinski definition) is 3. The Morgan fingerprint density at radius 2 is 2.00 bits per heavy atom.